The van der Waals surface area contributed by atoms with Crippen molar-refractivity contribution in [1.29, 1.82) is 0 Å². The van der Waals surface area contributed by atoms with E-state index in [4.69, 9.17) is 16.1 Å². The molecule has 0 spiro atoms. The third kappa shape index (κ3) is 2.92. The summed E-state index contributed by atoms with van der Waals surface area (Å²) in [5.41, 5.74) is 3.44. The van der Waals surface area contributed by atoms with E-state index in [2.05, 4.69) is 20.4 Å². The number of hydrogen-bond acceptors (Lipinski definition) is 5. The predicted molar refractivity (Wildman–Crippen MR) is 94.5 cm³/mol. The van der Waals surface area contributed by atoms with Crippen LogP contribution in [-0.2, 0) is 0 Å². The summed E-state index contributed by atoms with van der Waals surface area (Å²) in [6, 6.07) is 11.5. The third-order valence-electron chi connectivity index (χ3n) is 3.83. The highest BCUT2D eigenvalue weighted by Crippen LogP contribution is 2.33. The van der Waals surface area contributed by atoms with Gasteiger partial charge in [0.05, 0.1) is 0 Å². The van der Waals surface area contributed by atoms with E-state index in [0.29, 0.717) is 33.2 Å². The molecule has 0 bridgehead atoms. The van der Waals surface area contributed by atoms with Gasteiger partial charge in [-0.15, -0.1) is 0 Å². The molecule has 2 heterocycles. The van der Waals surface area contributed by atoms with Gasteiger partial charge in [0.2, 0.25) is 0 Å². The van der Waals surface area contributed by atoms with Crippen LogP contribution in [0.5, 0.6) is 0 Å². The Morgan fingerprint density at radius 1 is 1.08 bits per heavy atom. The molecule has 5 nitrogen and oxygen atoms in total. The normalized spacial score (nSPS) is 11.0. The smallest absolute Gasteiger partial charge is 0.263 e. The number of rotatable bonds is 3. The summed E-state index contributed by atoms with van der Waals surface area (Å²) in [7, 11) is 0. The Morgan fingerprint density at radius 3 is 2.64 bits per heavy atom. The largest absolute Gasteiger partial charge is 0.339 e. The Labute approximate surface area is 147 Å². The fourth-order valence-corrected chi connectivity index (χ4v) is 2.81. The molecule has 0 fully saturated rings. The van der Waals surface area contributed by atoms with Crippen molar-refractivity contribution in [3.05, 3.63) is 65.2 Å². The topological polar surface area (TPSA) is 63.8 Å². The molecule has 0 unspecified atom stereocenters. The summed E-state index contributed by atoms with van der Waals surface area (Å²) in [6.45, 7) is 1.95. The van der Waals surface area contributed by atoms with Crippen molar-refractivity contribution in [2.24, 2.45) is 0 Å². The monoisotopic (exact) mass is 354 g/mol. The van der Waals surface area contributed by atoms with Gasteiger partial charge in [-0.3, -0.25) is 0 Å². The molecule has 0 amide bonds. The van der Waals surface area contributed by atoms with E-state index < -0.39 is 0 Å². The summed E-state index contributed by atoms with van der Waals surface area (Å²) in [6.07, 6.45) is 1.40. The van der Waals surface area contributed by atoms with Gasteiger partial charge in [-0.2, -0.15) is 4.98 Å². The minimum Gasteiger partial charge on any atom is -0.339 e. The maximum atomic E-state index is 13.2. The zero-order valence-corrected chi connectivity index (χ0v) is 13.9. The molecule has 0 aliphatic heterocycles. The molecule has 2 aromatic heterocycles. The first-order valence-corrected chi connectivity index (χ1v) is 7.89. The number of nitrogens with one attached hydrogen (secondary N) is 1. The standard InChI is InChI=1S/C18H12ClFN4O/c1-10-8-12(19)4-7-14(10)23-17-15-16(11-2-5-13(20)6-3-11)24-25-18(15)22-9-21-17/h2-9H,1H3,(H,21,22,23). The first-order valence-electron chi connectivity index (χ1n) is 7.51. The fraction of sp³-hybridized carbons (Fsp3) is 0.0556. The van der Waals surface area contributed by atoms with Crippen LogP contribution < -0.4 is 5.32 Å². The SMILES string of the molecule is Cc1cc(Cl)ccc1Nc1ncnc2onc(-c3ccc(F)cc3)c12. The van der Waals surface area contributed by atoms with Crippen molar-refractivity contribution in [3.63, 3.8) is 0 Å². The van der Waals surface area contributed by atoms with Crippen molar-refractivity contribution in [2.45, 2.75) is 6.92 Å². The molecule has 4 rings (SSSR count). The van der Waals surface area contributed by atoms with Gasteiger partial charge in [-0.05, 0) is 55.0 Å². The van der Waals surface area contributed by atoms with E-state index in [1.165, 1.54) is 18.5 Å². The van der Waals surface area contributed by atoms with Crippen LogP contribution in [0.1, 0.15) is 5.56 Å². The fourth-order valence-electron chi connectivity index (χ4n) is 2.58. The predicted octanol–water partition coefficient (Wildman–Crippen LogP) is 5.13. The second kappa shape index (κ2) is 6.14. The molecule has 0 atom stereocenters. The quantitative estimate of drug-likeness (QED) is 0.552. The Bertz CT molecular complexity index is 1060. The van der Waals surface area contributed by atoms with E-state index in [1.807, 2.05) is 19.1 Å². The summed E-state index contributed by atoms with van der Waals surface area (Å²) in [5, 5.41) is 8.63. The summed E-state index contributed by atoms with van der Waals surface area (Å²) >= 11 is 6.01. The highest BCUT2D eigenvalue weighted by Gasteiger charge is 2.17. The first-order chi connectivity index (χ1) is 12.1. The highest BCUT2D eigenvalue weighted by atomic mass is 35.5. The molecule has 7 heteroatoms. The number of aromatic nitrogens is 3. The third-order valence-corrected chi connectivity index (χ3v) is 4.07. The van der Waals surface area contributed by atoms with Crippen LogP contribution in [0.25, 0.3) is 22.4 Å². The molecule has 0 aliphatic carbocycles. The van der Waals surface area contributed by atoms with Crippen LogP contribution >= 0.6 is 11.6 Å². The molecule has 25 heavy (non-hydrogen) atoms. The average Bonchev–Trinajstić information content (AvgIpc) is 3.03. The lowest BCUT2D eigenvalue weighted by Gasteiger charge is -2.10. The van der Waals surface area contributed by atoms with Crippen LogP contribution in [0.4, 0.5) is 15.9 Å². The van der Waals surface area contributed by atoms with Crippen LogP contribution in [0.15, 0.2) is 53.3 Å². The average molecular weight is 355 g/mol. The van der Waals surface area contributed by atoms with Crippen molar-refractivity contribution in [1.82, 2.24) is 15.1 Å². The zero-order chi connectivity index (χ0) is 17.4. The van der Waals surface area contributed by atoms with Crippen LogP contribution in [0.3, 0.4) is 0 Å². The summed E-state index contributed by atoms with van der Waals surface area (Å²) < 4.78 is 18.5. The van der Waals surface area contributed by atoms with E-state index >= 15 is 0 Å². The Kier molecular flexibility index (Phi) is 3.82. The van der Waals surface area contributed by atoms with Crippen molar-refractivity contribution < 1.29 is 8.91 Å². The minimum absolute atomic E-state index is 0.317. The highest BCUT2D eigenvalue weighted by molar-refractivity contribution is 6.30. The number of aryl methyl sites for hydroxylation is 1. The number of hydrogen-bond donors (Lipinski definition) is 1. The van der Waals surface area contributed by atoms with Crippen molar-refractivity contribution >= 4 is 34.2 Å². The number of nitrogens with zero attached hydrogens (tertiary/aromatic N) is 3. The summed E-state index contributed by atoms with van der Waals surface area (Å²) in [4.78, 5) is 8.42. The number of anilines is 2. The Hall–Kier alpha value is -2.99. The maximum Gasteiger partial charge on any atom is 0.263 e. The maximum absolute atomic E-state index is 13.2. The van der Waals surface area contributed by atoms with Gasteiger partial charge in [-0.1, -0.05) is 16.8 Å². The summed E-state index contributed by atoms with van der Waals surface area (Å²) in [5.74, 6) is 0.235. The van der Waals surface area contributed by atoms with E-state index in [9.17, 15) is 4.39 Å². The molecule has 1 N–H and O–H groups in total. The number of fused-ring (bicyclic) bond motifs is 1. The Balaban J connectivity index is 1.84. The van der Waals surface area contributed by atoms with Crippen molar-refractivity contribution in [3.8, 4) is 11.3 Å². The molecule has 0 aliphatic rings. The molecule has 2 aromatic carbocycles. The van der Waals surface area contributed by atoms with Gasteiger partial charge in [0.25, 0.3) is 5.71 Å². The number of halogens is 2. The molecular formula is C18H12ClFN4O. The molecule has 0 saturated heterocycles. The molecular weight excluding hydrogens is 343 g/mol. The number of benzene rings is 2. The second-order valence-corrected chi connectivity index (χ2v) is 5.96. The van der Waals surface area contributed by atoms with Gasteiger partial charge in [0.1, 0.15) is 29.0 Å². The van der Waals surface area contributed by atoms with Gasteiger partial charge in [0.15, 0.2) is 0 Å². The van der Waals surface area contributed by atoms with Crippen LogP contribution in [0, 0.1) is 12.7 Å². The van der Waals surface area contributed by atoms with Crippen LogP contribution in [-0.4, -0.2) is 15.1 Å². The van der Waals surface area contributed by atoms with E-state index in [-0.39, 0.29) is 5.82 Å². The van der Waals surface area contributed by atoms with E-state index in [1.54, 1.807) is 18.2 Å². The van der Waals surface area contributed by atoms with Crippen molar-refractivity contribution in [2.75, 3.05) is 5.32 Å². The van der Waals surface area contributed by atoms with Gasteiger partial charge in [-0.25, -0.2) is 9.37 Å². The second-order valence-electron chi connectivity index (χ2n) is 5.52. The molecule has 0 saturated carbocycles. The zero-order valence-electron chi connectivity index (χ0n) is 13.1. The van der Waals surface area contributed by atoms with Gasteiger partial charge in [0, 0.05) is 16.3 Å². The molecule has 4 aromatic rings. The Morgan fingerprint density at radius 2 is 1.88 bits per heavy atom. The molecule has 0 radical (unpaired) electrons. The van der Waals surface area contributed by atoms with Gasteiger partial charge < -0.3 is 9.84 Å². The lowest BCUT2D eigenvalue weighted by molar-refractivity contribution is 0.451. The lowest BCUT2D eigenvalue weighted by Crippen LogP contribution is -1.97. The molecule has 124 valence electrons. The lowest BCUT2D eigenvalue weighted by atomic mass is 10.1. The van der Waals surface area contributed by atoms with Crippen LogP contribution in [0.2, 0.25) is 5.02 Å². The van der Waals surface area contributed by atoms with Gasteiger partial charge >= 0.3 is 0 Å². The minimum atomic E-state index is -0.317. The van der Waals surface area contributed by atoms with E-state index in [0.717, 1.165) is 11.3 Å². The first kappa shape index (κ1) is 15.5.